The van der Waals surface area contributed by atoms with Crippen molar-refractivity contribution in [2.24, 2.45) is 7.05 Å². The van der Waals surface area contributed by atoms with Gasteiger partial charge in [-0.1, -0.05) is 12.1 Å². The topological polar surface area (TPSA) is 42.7 Å². The van der Waals surface area contributed by atoms with Gasteiger partial charge < -0.3 is 9.88 Å². The van der Waals surface area contributed by atoms with Gasteiger partial charge in [-0.25, -0.2) is 4.98 Å². The average molecular weight is 264 g/mol. The Morgan fingerprint density at radius 1 is 1.20 bits per heavy atom. The molecule has 0 atom stereocenters. The minimum absolute atomic E-state index is 0.639. The molecule has 0 spiro atoms. The zero-order valence-electron chi connectivity index (χ0n) is 11.4. The molecule has 1 aromatic carbocycles. The predicted octanol–water partition coefficient (Wildman–Crippen LogP) is 2.32. The molecule has 0 aliphatic carbocycles. The average Bonchev–Trinajstić information content (AvgIpc) is 2.75. The Labute approximate surface area is 117 Å². The van der Waals surface area contributed by atoms with Gasteiger partial charge in [0.15, 0.2) is 5.82 Å². The fraction of sp³-hybridized carbons (Fsp3) is 0.250. The Morgan fingerprint density at radius 2 is 2.10 bits per heavy atom. The molecule has 4 nitrogen and oxygen atoms in total. The molecule has 4 heteroatoms. The summed E-state index contributed by atoms with van der Waals surface area (Å²) < 4.78 is 2.11. The Hall–Kier alpha value is -2.20. The highest BCUT2D eigenvalue weighted by Gasteiger charge is 2.20. The van der Waals surface area contributed by atoms with E-state index in [1.54, 1.807) is 6.20 Å². The van der Waals surface area contributed by atoms with Crippen LogP contribution in [-0.4, -0.2) is 27.6 Å². The second-order valence-electron chi connectivity index (χ2n) is 5.31. The highest BCUT2D eigenvalue weighted by Crippen LogP contribution is 2.27. The van der Waals surface area contributed by atoms with Crippen LogP contribution in [0.5, 0.6) is 0 Å². The SMILES string of the molecule is Cn1c(-c2ccccn2)nc2cc(C3CNC3)ccc21. The number of nitrogens with one attached hydrogen (secondary N) is 1. The number of imidazole rings is 1. The summed E-state index contributed by atoms with van der Waals surface area (Å²) in [6.45, 7) is 2.15. The van der Waals surface area contributed by atoms with Crippen LogP contribution in [0.4, 0.5) is 0 Å². The smallest absolute Gasteiger partial charge is 0.159 e. The number of hydrogen-bond acceptors (Lipinski definition) is 3. The third kappa shape index (κ3) is 1.72. The van der Waals surface area contributed by atoms with Crippen LogP contribution < -0.4 is 5.32 Å². The summed E-state index contributed by atoms with van der Waals surface area (Å²) >= 11 is 0. The number of fused-ring (bicyclic) bond motifs is 1. The van der Waals surface area contributed by atoms with Gasteiger partial charge in [0.2, 0.25) is 0 Å². The molecule has 0 amide bonds. The monoisotopic (exact) mass is 264 g/mol. The summed E-state index contributed by atoms with van der Waals surface area (Å²) in [5.41, 5.74) is 4.50. The van der Waals surface area contributed by atoms with Crippen LogP contribution in [0.3, 0.4) is 0 Å². The van der Waals surface area contributed by atoms with Crippen LogP contribution in [-0.2, 0) is 7.05 Å². The normalized spacial score (nSPS) is 15.4. The molecule has 100 valence electrons. The van der Waals surface area contributed by atoms with Gasteiger partial charge in [0, 0.05) is 32.3 Å². The van der Waals surface area contributed by atoms with E-state index in [4.69, 9.17) is 4.98 Å². The largest absolute Gasteiger partial charge is 0.326 e. The van der Waals surface area contributed by atoms with E-state index >= 15 is 0 Å². The van der Waals surface area contributed by atoms with Crippen molar-refractivity contribution in [1.29, 1.82) is 0 Å². The zero-order valence-corrected chi connectivity index (χ0v) is 11.4. The van der Waals surface area contributed by atoms with Crippen molar-refractivity contribution in [1.82, 2.24) is 19.9 Å². The first-order chi connectivity index (χ1) is 9.83. The number of nitrogens with zero attached hydrogens (tertiary/aromatic N) is 3. The standard InChI is InChI=1S/C16H16N4/c1-20-15-6-5-11(12-9-17-10-12)8-14(15)19-16(20)13-4-2-3-7-18-13/h2-8,12,17H,9-10H2,1H3. The molecule has 0 radical (unpaired) electrons. The van der Waals surface area contributed by atoms with Crippen molar-refractivity contribution < 1.29 is 0 Å². The van der Waals surface area contributed by atoms with Gasteiger partial charge >= 0.3 is 0 Å². The first kappa shape index (κ1) is 11.6. The molecule has 0 bridgehead atoms. The Bertz CT molecular complexity index is 757. The van der Waals surface area contributed by atoms with E-state index in [0.717, 1.165) is 35.6 Å². The molecule has 4 rings (SSSR count). The van der Waals surface area contributed by atoms with Crippen LogP contribution >= 0.6 is 0 Å². The van der Waals surface area contributed by atoms with Crippen molar-refractivity contribution in [3.8, 4) is 11.5 Å². The van der Waals surface area contributed by atoms with E-state index in [1.165, 1.54) is 5.56 Å². The van der Waals surface area contributed by atoms with Crippen molar-refractivity contribution in [2.45, 2.75) is 5.92 Å². The fourth-order valence-corrected chi connectivity index (χ4v) is 2.72. The Kier molecular flexibility index (Phi) is 2.57. The maximum atomic E-state index is 4.76. The van der Waals surface area contributed by atoms with Crippen LogP contribution in [0.15, 0.2) is 42.6 Å². The lowest BCUT2D eigenvalue weighted by Gasteiger charge is -2.27. The molecule has 3 heterocycles. The molecule has 1 saturated heterocycles. The molecule has 2 aromatic heterocycles. The Morgan fingerprint density at radius 3 is 2.80 bits per heavy atom. The molecule has 1 aliphatic heterocycles. The quantitative estimate of drug-likeness (QED) is 0.772. The third-order valence-electron chi connectivity index (χ3n) is 4.05. The summed E-state index contributed by atoms with van der Waals surface area (Å²) in [7, 11) is 2.05. The summed E-state index contributed by atoms with van der Waals surface area (Å²) in [6.07, 6.45) is 1.81. The van der Waals surface area contributed by atoms with E-state index in [-0.39, 0.29) is 0 Å². The van der Waals surface area contributed by atoms with Crippen molar-refractivity contribution >= 4 is 11.0 Å². The second kappa shape index (κ2) is 4.42. The maximum absolute atomic E-state index is 4.76. The van der Waals surface area contributed by atoms with Crippen LogP contribution in [0, 0.1) is 0 Å². The molecule has 0 unspecified atom stereocenters. The maximum Gasteiger partial charge on any atom is 0.159 e. The fourth-order valence-electron chi connectivity index (χ4n) is 2.72. The van der Waals surface area contributed by atoms with Crippen molar-refractivity contribution in [3.05, 3.63) is 48.2 Å². The molecular weight excluding hydrogens is 248 g/mol. The van der Waals surface area contributed by atoms with E-state index in [9.17, 15) is 0 Å². The van der Waals surface area contributed by atoms with Gasteiger partial charge in [-0.15, -0.1) is 0 Å². The first-order valence-corrected chi connectivity index (χ1v) is 6.91. The number of rotatable bonds is 2. The number of aryl methyl sites for hydroxylation is 1. The molecule has 1 fully saturated rings. The molecule has 1 N–H and O–H groups in total. The number of hydrogen-bond donors (Lipinski definition) is 1. The highest BCUT2D eigenvalue weighted by molar-refractivity contribution is 5.80. The predicted molar refractivity (Wildman–Crippen MR) is 79.6 cm³/mol. The molecule has 3 aromatic rings. The Balaban J connectivity index is 1.85. The molecular formula is C16H16N4. The van der Waals surface area contributed by atoms with Gasteiger partial charge in [0.05, 0.1) is 11.0 Å². The summed E-state index contributed by atoms with van der Waals surface area (Å²) in [6, 6.07) is 12.5. The molecule has 1 aliphatic rings. The summed E-state index contributed by atoms with van der Waals surface area (Å²) in [5.74, 6) is 1.56. The second-order valence-corrected chi connectivity index (χ2v) is 5.31. The third-order valence-corrected chi connectivity index (χ3v) is 4.05. The molecule has 20 heavy (non-hydrogen) atoms. The van der Waals surface area contributed by atoms with Crippen LogP contribution in [0.25, 0.3) is 22.6 Å². The van der Waals surface area contributed by atoms with E-state index in [0.29, 0.717) is 5.92 Å². The molecule has 0 saturated carbocycles. The summed E-state index contributed by atoms with van der Waals surface area (Å²) in [5, 5.41) is 3.31. The van der Waals surface area contributed by atoms with Gasteiger partial charge in [-0.2, -0.15) is 0 Å². The van der Waals surface area contributed by atoms with E-state index < -0.39 is 0 Å². The number of aromatic nitrogens is 3. The van der Waals surface area contributed by atoms with Crippen LogP contribution in [0.1, 0.15) is 11.5 Å². The van der Waals surface area contributed by atoms with Crippen molar-refractivity contribution in [3.63, 3.8) is 0 Å². The summed E-state index contributed by atoms with van der Waals surface area (Å²) in [4.78, 5) is 9.16. The van der Waals surface area contributed by atoms with Crippen LogP contribution in [0.2, 0.25) is 0 Å². The van der Waals surface area contributed by atoms with Gasteiger partial charge in [0.1, 0.15) is 5.69 Å². The minimum Gasteiger partial charge on any atom is -0.326 e. The van der Waals surface area contributed by atoms with E-state index in [1.807, 2.05) is 25.2 Å². The van der Waals surface area contributed by atoms with Crippen molar-refractivity contribution in [2.75, 3.05) is 13.1 Å². The lowest BCUT2D eigenvalue weighted by atomic mass is 9.93. The minimum atomic E-state index is 0.639. The van der Waals surface area contributed by atoms with E-state index in [2.05, 4.69) is 33.1 Å². The lowest BCUT2D eigenvalue weighted by Crippen LogP contribution is -2.39. The highest BCUT2D eigenvalue weighted by atomic mass is 15.1. The number of benzene rings is 1. The first-order valence-electron chi connectivity index (χ1n) is 6.91. The zero-order chi connectivity index (χ0) is 13.5. The number of pyridine rings is 1. The van der Waals surface area contributed by atoms with Gasteiger partial charge in [-0.3, -0.25) is 4.98 Å². The van der Waals surface area contributed by atoms with Gasteiger partial charge in [0.25, 0.3) is 0 Å². The lowest BCUT2D eigenvalue weighted by molar-refractivity contribution is 0.448. The van der Waals surface area contributed by atoms with Gasteiger partial charge in [-0.05, 0) is 29.8 Å².